The number of rotatable bonds is 7. The Morgan fingerprint density at radius 2 is 2.15 bits per heavy atom. The second-order valence-corrected chi connectivity index (χ2v) is 12.6. The Morgan fingerprint density at radius 1 is 1.42 bits per heavy atom. The molecule has 33 heavy (non-hydrogen) atoms. The first-order valence-electron chi connectivity index (χ1n) is 10.6. The van der Waals surface area contributed by atoms with Gasteiger partial charge in [0.15, 0.2) is 0 Å². The Kier molecular flexibility index (Phi) is 6.67. The van der Waals surface area contributed by atoms with E-state index in [1.165, 1.54) is 17.6 Å². The first-order chi connectivity index (χ1) is 15.5. The lowest BCUT2D eigenvalue weighted by molar-refractivity contribution is 0.198. The van der Waals surface area contributed by atoms with Gasteiger partial charge in [0.2, 0.25) is 11.2 Å². The van der Waals surface area contributed by atoms with E-state index in [4.69, 9.17) is 20.8 Å². The molecule has 3 aromatic heterocycles. The standard InChI is InChI=1S/C22H27ClN4O4S2/c1-12-15-16(32-17(12)22(8-9-22)13(2)27-33(29)21(3,4)5)18(26-19(23)25-15)31-20(28)24-11-14-7-6-10-30-14/h6-7,10,13,27H,8-9,11H2,1-5H3,(H,24,28). The van der Waals surface area contributed by atoms with E-state index in [1.54, 1.807) is 12.1 Å². The van der Waals surface area contributed by atoms with Crippen molar-refractivity contribution in [2.45, 2.75) is 70.2 Å². The maximum atomic E-state index is 12.7. The van der Waals surface area contributed by atoms with Crippen LogP contribution in [0.25, 0.3) is 10.2 Å². The van der Waals surface area contributed by atoms with Gasteiger partial charge in [0.25, 0.3) is 0 Å². The van der Waals surface area contributed by atoms with E-state index >= 15 is 0 Å². The van der Waals surface area contributed by atoms with Crippen LogP contribution in [0.15, 0.2) is 22.8 Å². The third kappa shape index (κ3) is 5.00. The summed E-state index contributed by atoms with van der Waals surface area (Å²) in [6.45, 7) is 10.1. The second kappa shape index (κ2) is 9.07. The molecular formula is C22H27ClN4O4S2. The minimum atomic E-state index is -1.18. The highest BCUT2D eigenvalue weighted by atomic mass is 35.5. The van der Waals surface area contributed by atoms with Gasteiger partial charge in [-0.3, -0.25) is 0 Å². The number of carbonyl (C=O) groups is 1. The number of carbonyl (C=O) groups excluding carboxylic acids is 1. The highest BCUT2D eigenvalue weighted by Gasteiger charge is 2.53. The van der Waals surface area contributed by atoms with E-state index in [-0.39, 0.29) is 33.9 Å². The van der Waals surface area contributed by atoms with E-state index in [1.807, 2.05) is 27.7 Å². The number of aromatic nitrogens is 2. The van der Waals surface area contributed by atoms with Crippen LogP contribution in [0.5, 0.6) is 5.88 Å². The molecule has 3 heterocycles. The average molecular weight is 511 g/mol. The lowest BCUT2D eigenvalue weighted by atomic mass is 9.94. The Labute approximate surface area is 204 Å². The number of thiophene rings is 1. The maximum Gasteiger partial charge on any atom is 0.414 e. The number of aryl methyl sites for hydroxylation is 1. The van der Waals surface area contributed by atoms with Crippen molar-refractivity contribution >= 4 is 50.6 Å². The molecule has 0 aromatic carbocycles. The summed E-state index contributed by atoms with van der Waals surface area (Å²) < 4.78 is 27.0. The molecule has 2 N–H and O–H groups in total. The average Bonchev–Trinajstić information content (AvgIpc) is 3.23. The Bertz CT molecular complexity index is 1160. The molecule has 11 heteroatoms. The fourth-order valence-electron chi connectivity index (χ4n) is 3.72. The summed E-state index contributed by atoms with van der Waals surface area (Å²) in [5.41, 5.74) is 1.49. The predicted molar refractivity (Wildman–Crippen MR) is 130 cm³/mol. The zero-order valence-corrected chi connectivity index (χ0v) is 21.5. The number of fused-ring (bicyclic) bond motifs is 1. The SMILES string of the molecule is Cc1c(C2(C(C)N[S+]([O-])C(C)(C)C)CC2)sc2c(OC(=O)NCc3ccco3)nc(Cl)nc12. The molecule has 8 nitrogen and oxygen atoms in total. The van der Waals surface area contributed by atoms with Crippen LogP contribution in [0, 0.1) is 6.92 Å². The van der Waals surface area contributed by atoms with Gasteiger partial charge in [-0.2, -0.15) is 4.98 Å². The quantitative estimate of drug-likeness (QED) is 0.339. The van der Waals surface area contributed by atoms with Gasteiger partial charge in [0.05, 0.1) is 24.4 Å². The molecule has 0 aliphatic heterocycles. The van der Waals surface area contributed by atoms with Gasteiger partial charge < -0.3 is 19.0 Å². The summed E-state index contributed by atoms with van der Waals surface area (Å²) in [6, 6.07) is 3.49. The van der Waals surface area contributed by atoms with Crippen molar-refractivity contribution in [3.8, 4) is 5.88 Å². The predicted octanol–water partition coefficient (Wildman–Crippen LogP) is 5.01. The van der Waals surface area contributed by atoms with Crippen molar-refractivity contribution in [2.24, 2.45) is 0 Å². The number of hydrogen-bond donors (Lipinski definition) is 2. The van der Waals surface area contributed by atoms with E-state index in [0.29, 0.717) is 16.0 Å². The number of amides is 1. The molecule has 2 unspecified atom stereocenters. The van der Waals surface area contributed by atoms with Crippen molar-refractivity contribution in [2.75, 3.05) is 0 Å². The van der Waals surface area contributed by atoms with Crippen molar-refractivity contribution < 1.29 is 18.5 Å². The highest BCUT2D eigenvalue weighted by molar-refractivity contribution is 7.90. The van der Waals surface area contributed by atoms with E-state index in [2.05, 4.69) is 26.9 Å². The topological polar surface area (TPSA) is 112 Å². The zero-order chi connectivity index (χ0) is 24.0. The van der Waals surface area contributed by atoms with Crippen LogP contribution in [0.1, 0.15) is 56.7 Å². The number of hydrogen-bond acceptors (Lipinski definition) is 8. The molecule has 2 atom stereocenters. The van der Waals surface area contributed by atoms with E-state index in [9.17, 15) is 9.35 Å². The van der Waals surface area contributed by atoms with Crippen LogP contribution in [-0.2, 0) is 23.3 Å². The smallest absolute Gasteiger partial charge is 0.414 e. The number of nitrogens with one attached hydrogen (secondary N) is 2. The lowest BCUT2D eigenvalue weighted by Crippen LogP contribution is -2.48. The zero-order valence-electron chi connectivity index (χ0n) is 19.2. The second-order valence-electron chi connectivity index (χ2n) is 9.23. The van der Waals surface area contributed by atoms with Crippen LogP contribution >= 0.6 is 22.9 Å². The Morgan fingerprint density at radius 3 is 2.76 bits per heavy atom. The molecule has 0 saturated heterocycles. The Hall–Kier alpha value is -1.85. The molecule has 1 fully saturated rings. The van der Waals surface area contributed by atoms with Crippen LogP contribution in [0.3, 0.4) is 0 Å². The van der Waals surface area contributed by atoms with Gasteiger partial charge in [0.1, 0.15) is 15.2 Å². The monoisotopic (exact) mass is 510 g/mol. The van der Waals surface area contributed by atoms with Gasteiger partial charge in [-0.15, -0.1) is 16.1 Å². The van der Waals surface area contributed by atoms with Crippen LogP contribution < -0.4 is 14.8 Å². The third-order valence-electron chi connectivity index (χ3n) is 5.79. The van der Waals surface area contributed by atoms with E-state index in [0.717, 1.165) is 23.3 Å². The maximum absolute atomic E-state index is 12.7. The minimum absolute atomic E-state index is 0.00582. The molecule has 0 bridgehead atoms. The summed E-state index contributed by atoms with van der Waals surface area (Å²) >= 11 is 6.48. The fourth-order valence-corrected chi connectivity index (χ4v) is 6.29. The largest absolute Gasteiger partial charge is 0.598 e. The van der Waals surface area contributed by atoms with Crippen LogP contribution in [0.2, 0.25) is 5.28 Å². The van der Waals surface area contributed by atoms with Gasteiger partial charge in [-0.1, -0.05) is 0 Å². The molecule has 0 radical (unpaired) electrons. The number of halogens is 1. The molecule has 178 valence electrons. The summed E-state index contributed by atoms with van der Waals surface area (Å²) in [5, 5.41) is 2.65. The van der Waals surface area contributed by atoms with Crippen molar-refractivity contribution in [3.05, 3.63) is 39.9 Å². The van der Waals surface area contributed by atoms with E-state index < -0.39 is 17.5 Å². The third-order valence-corrected chi connectivity index (χ3v) is 9.13. The summed E-state index contributed by atoms with van der Waals surface area (Å²) in [4.78, 5) is 22.1. The van der Waals surface area contributed by atoms with Gasteiger partial charge >= 0.3 is 6.09 Å². The number of nitrogens with zero attached hydrogens (tertiary/aromatic N) is 2. The Balaban J connectivity index is 1.60. The molecule has 1 aliphatic carbocycles. The van der Waals surface area contributed by atoms with Gasteiger partial charge in [-0.25, -0.2) is 9.78 Å². The lowest BCUT2D eigenvalue weighted by Gasteiger charge is -2.30. The number of ether oxygens (including phenoxy) is 1. The fraction of sp³-hybridized carbons (Fsp3) is 0.500. The highest BCUT2D eigenvalue weighted by Crippen LogP contribution is 2.56. The molecule has 1 amide bonds. The first-order valence-corrected chi connectivity index (χ1v) is 13.0. The number of furan rings is 1. The molecule has 1 saturated carbocycles. The van der Waals surface area contributed by atoms with Crippen LogP contribution in [0.4, 0.5) is 4.79 Å². The van der Waals surface area contributed by atoms with Gasteiger partial charge in [-0.05, 0) is 76.8 Å². The van der Waals surface area contributed by atoms with Crippen LogP contribution in [-0.4, -0.2) is 31.4 Å². The molecule has 0 spiro atoms. The van der Waals surface area contributed by atoms with Crippen molar-refractivity contribution in [1.29, 1.82) is 0 Å². The molecule has 1 aliphatic rings. The normalized spacial score (nSPS) is 17.1. The van der Waals surface area contributed by atoms with Crippen molar-refractivity contribution in [3.63, 3.8) is 0 Å². The first kappa shape index (κ1) is 24.3. The minimum Gasteiger partial charge on any atom is -0.598 e. The van der Waals surface area contributed by atoms with Gasteiger partial charge in [0, 0.05) is 21.7 Å². The molecule has 4 rings (SSSR count). The van der Waals surface area contributed by atoms with Crippen molar-refractivity contribution in [1.82, 2.24) is 20.0 Å². The molecule has 3 aromatic rings. The summed E-state index contributed by atoms with van der Waals surface area (Å²) in [6.07, 6.45) is 2.81. The summed E-state index contributed by atoms with van der Waals surface area (Å²) in [5.74, 6) is 0.729. The molecular weight excluding hydrogens is 484 g/mol. The summed E-state index contributed by atoms with van der Waals surface area (Å²) in [7, 11) is 0.